The van der Waals surface area contributed by atoms with Crippen molar-refractivity contribution in [3.8, 4) is 22.6 Å². The molecule has 34 heavy (non-hydrogen) atoms. The van der Waals surface area contributed by atoms with Gasteiger partial charge in [-0.15, -0.1) is 0 Å². The number of pyridine rings is 1. The number of nitrogens with zero attached hydrogens (tertiary/aromatic N) is 1. The van der Waals surface area contributed by atoms with Crippen molar-refractivity contribution >= 4 is 27.9 Å². The number of hydrogen-bond acceptors (Lipinski definition) is 7. The summed E-state index contributed by atoms with van der Waals surface area (Å²) in [5.74, 6) is -0.298. The van der Waals surface area contributed by atoms with Crippen LogP contribution in [0.4, 0.5) is 0 Å². The molecule has 0 spiro atoms. The van der Waals surface area contributed by atoms with Crippen LogP contribution in [-0.2, 0) is 16.1 Å². The van der Waals surface area contributed by atoms with Gasteiger partial charge in [0.1, 0.15) is 6.61 Å². The van der Waals surface area contributed by atoms with E-state index < -0.39 is 11.9 Å². The second-order valence-electron chi connectivity index (χ2n) is 7.60. The third-order valence-corrected chi connectivity index (χ3v) is 6.08. The lowest BCUT2D eigenvalue weighted by Crippen LogP contribution is -2.16. The maximum absolute atomic E-state index is 12.7. The number of benzene rings is 2. The van der Waals surface area contributed by atoms with Crippen molar-refractivity contribution in [2.75, 3.05) is 21.3 Å². The lowest BCUT2D eigenvalue weighted by atomic mass is 9.92. The average Bonchev–Trinajstić information content (AvgIpc) is 2.82. The molecule has 7 nitrogen and oxygen atoms in total. The number of carbonyl (C=O) groups is 2. The summed E-state index contributed by atoms with van der Waals surface area (Å²) >= 11 is 3.57. The maximum atomic E-state index is 12.7. The first kappa shape index (κ1) is 25.2. The molecular weight excluding hydrogens is 502 g/mol. The summed E-state index contributed by atoms with van der Waals surface area (Å²) in [6, 6.07) is 11.4. The predicted octanol–water partition coefficient (Wildman–Crippen LogP) is 5.60. The monoisotopic (exact) mass is 527 g/mol. The van der Waals surface area contributed by atoms with Gasteiger partial charge in [0.05, 0.1) is 48.3 Å². The van der Waals surface area contributed by atoms with E-state index in [9.17, 15) is 9.59 Å². The highest BCUT2D eigenvalue weighted by Crippen LogP contribution is 2.42. The Hall–Kier alpha value is -3.39. The highest BCUT2D eigenvalue weighted by atomic mass is 79.9. The fourth-order valence-corrected chi connectivity index (χ4v) is 4.33. The number of aromatic nitrogens is 1. The second-order valence-corrected chi connectivity index (χ2v) is 8.45. The molecule has 1 heterocycles. The van der Waals surface area contributed by atoms with E-state index in [0.717, 1.165) is 11.1 Å². The largest absolute Gasteiger partial charge is 0.493 e. The molecule has 0 unspecified atom stereocenters. The first-order valence-electron chi connectivity index (χ1n) is 10.5. The summed E-state index contributed by atoms with van der Waals surface area (Å²) in [5, 5.41) is 0. The molecule has 1 aromatic heterocycles. The molecule has 0 amide bonds. The highest BCUT2D eigenvalue weighted by Gasteiger charge is 2.28. The number of rotatable bonds is 7. The van der Waals surface area contributed by atoms with E-state index in [-0.39, 0.29) is 11.1 Å². The second kappa shape index (κ2) is 10.7. The summed E-state index contributed by atoms with van der Waals surface area (Å²) < 4.78 is 22.3. The lowest BCUT2D eigenvalue weighted by Gasteiger charge is -2.19. The molecule has 0 fully saturated rings. The van der Waals surface area contributed by atoms with Crippen molar-refractivity contribution in [1.82, 2.24) is 4.98 Å². The maximum Gasteiger partial charge on any atom is 0.340 e. The van der Waals surface area contributed by atoms with Gasteiger partial charge in [0, 0.05) is 5.56 Å². The van der Waals surface area contributed by atoms with Gasteiger partial charge in [0.15, 0.2) is 11.5 Å². The molecule has 0 aliphatic carbocycles. The van der Waals surface area contributed by atoms with Crippen molar-refractivity contribution in [2.24, 2.45) is 0 Å². The summed E-state index contributed by atoms with van der Waals surface area (Å²) in [5.41, 5.74) is 4.27. The van der Waals surface area contributed by atoms with Crippen LogP contribution in [-0.4, -0.2) is 38.3 Å². The zero-order valence-corrected chi connectivity index (χ0v) is 21.5. The van der Waals surface area contributed by atoms with Crippen LogP contribution >= 0.6 is 15.9 Å². The molecule has 2 aromatic carbocycles. The molecule has 8 heteroatoms. The Balaban J connectivity index is 2.20. The molecule has 0 atom stereocenters. The van der Waals surface area contributed by atoms with Crippen LogP contribution in [0.2, 0.25) is 0 Å². The molecule has 0 N–H and O–H groups in total. The average molecular weight is 528 g/mol. The number of halogens is 1. The van der Waals surface area contributed by atoms with Gasteiger partial charge >= 0.3 is 11.9 Å². The van der Waals surface area contributed by atoms with Gasteiger partial charge in [-0.1, -0.05) is 24.3 Å². The Morgan fingerprint density at radius 1 is 0.912 bits per heavy atom. The molecule has 3 aromatic rings. The third-order valence-electron chi connectivity index (χ3n) is 5.49. The van der Waals surface area contributed by atoms with Gasteiger partial charge in [-0.25, -0.2) is 9.59 Å². The molecule has 0 aliphatic heterocycles. The molecular formula is C26H26BrNO6. The van der Waals surface area contributed by atoms with Gasteiger partial charge in [0.2, 0.25) is 0 Å². The van der Waals surface area contributed by atoms with E-state index in [1.54, 1.807) is 26.0 Å². The molecule has 178 valence electrons. The van der Waals surface area contributed by atoms with Crippen LogP contribution in [0.15, 0.2) is 40.9 Å². The zero-order chi connectivity index (χ0) is 25.0. The van der Waals surface area contributed by atoms with Crippen molar-refractivity contribution < 1.29 is 28.5 Å². The number of ether oxygens (including phenoxy) is 4. The third kappa shape index (κ3) is 4.92. The summed E-state index contributed by atoms with van der Waals surface area (Å²) in [6.07, 6.45) is 0. The normalized spacial score (nSPS) is 10.6. The van der Waals surface area contributed by atoms with Crippen LogP contribution in [0.1, 0.15) is 43.2 Å². The predicted molar refractivity (Wildman–Crippen MR) is 132 cm³/mol. The van der Waals surface area contributed by atoms with Gasteiger partial charge in [0.25, 0.3) is 0 Å². The van der Waals surface area contributed by atoms with Gasteiger partial charge < -0.3 is 18.9 Å². The minimum Gasteiger partial charge on any atom is -0.493 e. The van der Waals surface area contributed by atoms with E-state index in [1.807, 2.05) is 31.2 Å². The van der Waals surface area contributed by atoms with E-state index >= 15 is 0 Å². The molecule has 0 aliphatic rings. The Bertz CT molecular complexity index is 1210. The van der Waals surface area contributed by atoms with E-state index in [1.165, 1.54) is 21.3 Å². The van der Waals surface area contributed by atoms with Crippen LogP contribution in [0, 0.1) is 20.8 Å². The van der Waals surface area contributed by atoms with Crippen LogP contribution in [0.3, 0.4) is 0 Å². The number of hydrogen-bond donors (Lipinski definition) is 0. The fraction of sp³-hybridized carbons (Fsp3) is 0.269. The quantitative estimate of drug-likeness (QED) is 0.370. The zero-order valence-electron chi connectivity index (χ0n) is 19.9. The SMILES string of the molecule is COC(=O)c1c(C)nc(C)c(C(=O)OC)c1-c1cc(Br)c(OCc2ccccc2C)c(OC)c1. The number of esters is 2. The topological polar surface area (TPSA) is 84.0 Å². The van der Waals surface area contributed by atoms with Gasteiger partial charge in [-0.2, -0.15) is 0 Å². The van der Waals surface area contributed by atoms with Crippen molar-refractivity contribution in [3.63, 3.8) is 0 Å². The van der Waals surface area contributed by atoms with Gasteiger partial charge in [-0.3, -0.25) is 4.98 Å². The Kier molecular flexibility index (Phi) is 7.94. The molecule has 0 saturated carbocycles. The first-order valence-corrected chi connectivity index (χ1v) is 11.3. The first-order chi connectivity index (χ1) is 16.2. The summed E-state index contributed by atoms with van der Waals surface area (Å²) in [7, 11) is 4.09. The van der Waals surface area contributed by atoms with E-state index in [0.29, 0.717) is 45.1 Å². The number of aryl methyl sites for hydroxylation is 3. The van der Waals surface area contributed by atoms with Crippen molar-refractivity contribution in [2.45, 2.75) is 27.4 Å². The van der Waals surface area contributed by atoms with E-state index in [2.05, 4.69) is 20.9 Å². The minimum absolute atomic E-state index is 0.177. The molecule has 0 bridgehead atoms. The van der Waals surface area contributed by atoms with Crippen molar-refractivity contribution in [3.05, 3.63) is 74.5 Å². The Morgan fingerprint density at radius 2 is 1.50 bits per heavy atom. The summed E-state index contributed by atoms with van der Waals surface area (Å²) in [4.78, 5) is 29.8. The van der Waals surface area contributed by atoms with Crippen molar-refractivity contribution in [1.29, 1.82) is 0 Å². The molecule has 3 rings (SSSR count). The Labute approximate surface area is 207 Å². The number of carbonyl (C=O) groups excluding carboxylic acids is 2. The number of methoxy groups -OCH3 is 3. The smallest absolute Gasteiger partial charge is 0.340 e. The Morgan fingerprint density at radius 3 is 2.03 bits per heavy atom. The van der Waals surface area contributed by atoms with E-state index in [4.69, 9.17) is 18.9 Å². The van der Waals surface area contributed by atoms with Crippen LogP contribution in [0.25, 0.3) is 11.1 Å². The van der Waals surface area contributed by atoms with Gasteiger partial charge in [-0.05, 0) is 65.5 Å². The standard InChI is InChI=1S/C26H26BrNO6/c1-14-9-7-8-10-17(14)13-34-24-19(27)11-18(12-20(24)31-4)23-21(25(29)32-5)15(2)28-16(3)22(23)26(30)33-6/h7-12H,13H2,1-6H3. The highest BCUT2D eigenvalue weighted by molar-refractivity contribution is 9.10. The summed E-state index contributed by atoms with van der Waals surface area (Å²) in [6.45, 7) is 5.74. The fourth-order valence-electron chi connectivity index (χ4n) is 3.77. The van der Waals surface area contributed by atoms with Crippen LogP contribution < -0.4 is 9.47 Å². The van der Waals surface area contributed by atoms with Crippen LogP contribution in [0.5, 0.6) is 11.5 Å². The molecule has 0 radical (unpaired) electrons. The minimum atomic E-state index is -0.611. The molecule has 0 saturated heterocycles. The lowest BCUT2D eigenvalue weighted by molar-refractivity contribution is 0.0599.